The summed E-state index contributed by atoms with van der Waals surface area (Å²) in [5.74, 6) is -0.518. The van der Waals surface area contributed by atoms with E-state index in [0.717, 1.165) is 5.56 Å². The van der Waals surface area contributed by atoms with E-state index in [1.165, 1.54) is 14.2 Å². The Morgan fingerprint density at radius 3 is 2.56 bits per heavy atom. The zero-order valence-electron chi connectivity index (χ0n) is 14.6. The number of pyridine rings is 1. The molecule has 132 valence electrons. The van der Waals surface area contributed by atoms with Gasteiger partial charge in [0.05, 0.1) is 25.7 Å². The Hall–Kier alpha value is -2.89. The third-order valence-corrected chi connectivity index (χ3v) is 3.82. The number of methoxy groups -OCH3 is 2. The predicted molar refractivity (Wildman–Crippen MR) is 93.2 cm³/mol. The average Bonchev–Trinajstić information content (AvgIpc) is 2.66. The molecular formula is C19H22N2O4. The Kier molecular flexibility index (Phi) is 6.51. The molecule has 1 heterocycles. The molecule has 2 aromatic rings. The molecule has 6 nitrogen and oxygen atoms in total. The van der Waals surface area contributed by atoms with Crippen molar-refractivity contribution in [2.24, 2.45) is 5.92 Å². The van der Waals surface area contributed by atoms with Gasteiger partial charge in [-0.2, -0.15) is 0 Å². The molecule has 1 unspecified atom stereocenters. The van der Waals surface area contributed by atoms with Crippen LogP contribution in [0.5, 0.6) is 5.75 Å². The van der Waals surface area contributed by atoms with Gasteiger partial charge >= 0.3 is 5.97 Å². The number of para-hydroxylation sites is 1. The van der Waals surface area contributed by atoms with Gasteiger partial charge in [-0.25, -0.2) is 0 Å². The monoisotopic (exact) mass is 342 g/mol. The second-order valence-electron chi connectivity index (χ2n) is 5.67. The first kappa shape index (κ1) is 18.4. The third kappa shape index (κ3) is 4.79. The maximum Gasteiger partial charge on any atom is 0.310 e. The first-order chi connectivity index (χ1) is 12.1. The van der Waals surface area contributed by atoms with Crippen LogP contribution in [0.3, 0.4) is 0 Å². The Morgan fingerprint density at radius 2 is 1.92 bits per heavy atom. The van der Waals surface area contributed by atoms with Crippen LogP contribution in [0.4, 0.5) is 0 Å². The fourth-order valence-electron chi connectivity index (χ4n) is 2.53. The van der Waals surface area contributed by atoms with Crippen LogP contribution in [-0.4, -0.2) is 42.5 Å². The minimum Gasteiger partial charge on any atom is -0.496 e. The van der Waals surface area contributed by atoms with Crippen molar-refractivity contribution in [1.29, 1.82) is 0 Å². The van der Waals surface area contributed by atoms with Crippen LogP contribution in [0.15, 0.2) is 48.8 Å². The van der Waals surface area contributed by atoms with E-state index < -0.39 is 5.92 Å². The molecule has 0 N–H and O–H groups in total. The second-order valence-corrected chi connectivity index (χ2v) is 5.67. The maximum atomic E-state index is 13.0. The normalized spacial score (nSPS) is 11.5. The van der Waals surface area contributed by atoms with E-state index in [4.69, 9.17) is 9.47 Å². The van der Waals surface area contributed by atoms with Gasteiger partial charge in [0.1, 0.15) is 5.75 Å². The zero-order chi connectivity index (χ0) is 18.2. The second kappa shape index (κ2) is 8.82. The van der Waals surface area contributed by atoms with Crippen molar-refractivity contribution in [3.8, 4) is 5.75 Å². The highest BCUT2D eigenvalue weighted by Crippen LogP contribution is 2.21. The van der Waals surface area contributed by atoms with E-state index in [9.17, 15) is 9.59 Å². The molecule has 0 saturated carbocycles. The lowest BCUT2D eigenvalue weighted by Gasteiger charge is -2.26. The summed E-state index contributed by atoms with van der Waals surface area (Å²) in [6.07, 6.45) is 3.37. The molecule has 0 fully saturated rings. The molecule has 0 bridgehead atoms. The van der Waals surface area contributed by atoms with Crippen molar-refractivity contribution in [3.63, 3.8) is 0 Å². The van der Waals surface area contributed by atoms with E-state index in [1.54, 1.807) is 48.5 Å². The number of hydrogen-bond acceptors (Lipinski definition) is 5. The van der Waals surface area contributed by atoms with E-state index in [-0.39, 0.29) is 18.4 Å². The molecular weight excluding hydrogens is 320 g/mol. The van der Waals surface area contributed by atoms with Gasteiger partial charge in [-0.3, -0.25) is 14.6 Å². The van der Waals surface area contributed by atoms with Gasteiger partial charge in [0.25, 0.3) is 5.91 Å². The van der Waals surface area contributed by atoms with Gasteiger partial charge in [-0.1, -0.05) is 25.1 Å². The molecule has 1 atom stereocenters. The molecule has 2 rings (SSSR count). The summed E-state index contributed by atoms with van der Waals surface area (Å²) in [5.41, 5.74) is 1.33. The summed E-state index contributed by atoms with van der Waals surface area (Å²) >= 11 is 0. The van der Waals surface area contributed by atoms with Crippen LogP contribution in [0, 0.1) is 5.92 Å². The van der Waals surface area contributed by atoms with Gasteiger partial charge in [-0.15, -0.1) is 0 Å². The number of benzene rings is 1. The van der Waals surface area contributed by atoms with Crippen LogP contribution in [0.1, 0.15) is 22.8 Å². The number of esters is 1. The highest BCUT2D eigenvalue weighted by Gasteiger charge is 2.24. The van der Waals surface area contributed by atoms with Crippen molar-refractivity contribution >= 4 is 11.9 Å². The Labute approximate surface area is 147 Å². The van der Waals surface area contributed by atoms with Crippen LogP contribution in [0.2, 0.25) is 0 Å². The largest absolute Gasteiger partial charge is 0.496 e. The number of carbonyl (C=O) groups excluding carboxylic acids is 2. The van der Waals surface area contributed by atoms with Gasteiger partial charge < -0.3 is 14.4 Å². The standard InChI is InChI=1S/C19H22N2O4/c1-14(19(23)25-3)12-21(13-15-7-6-10-20-11-15)18(22)16-8-4-5-9-17(16)24-2/h4-11,14H,12-13H2,1-3H3. The fourth-order valence-corrected chi connectivity index (χ4v) is 2.53. The zero-order valence-corrected chi connectivity index (χ0v) is 14.6. The SMILES string of the molecule is COC(=O)C(C)CN(Cc1cccnc1)C(=O)c1ccccc1OC. The van der Waals surface area contributed by atoms with E-state index in [2.05, 4.69) is 4.98 Å². The lowest BCUT2D eigenvalue weighted by atomic mass is 10.1. The molecule has 0 saturated heterocycles. The molecule has 0 aliphatic carbocycles. The number of amides is 1. The summed E-state index contributed by atoms with van der Waals surface area (Å²) in [5, 5.41) is 0. The van der Waals surface area contributed by atoms with Gasteiger partial charge in [0, 0.05) is 25.5 Å². The lowest BCUT2D eigenvalue weighted by Crippen LogP contribution is -2.37. The molecule has 0 radical (unpaired) electrons. The van der Waals surface area contributed by atoms with Crippen molar-refractivity contribution in [2.45, 2.75) is 13.5 Å². The van der Waals surface area contributed by atoms with E-state index >= 15 is 0 Å². The molecule has 1 aromatic heterocycles. The van der Waals surface area contributed by atoms with Crippen molar-refractivity contribution in [3.05, 3.63) is 59.9 Å². The van der Waals surface area contributed by atoms with E-state index in [1.807, 2.05) is 12.1 Å². The van der Waals surface area contributed by atoms with Crippen LogP contribution in [0.25, 0.3) is 0 Å². The topological polar surface area (TPSA) is 68.7 Å². The number of aromatic nitrogens is 1. The minimum atomic E-state index is -0.444. The van der Waals surface area contributed by atoms with Crippen molar-refractivity contribution < 1.29 is 19.1 Å². The Morgan fingerprint density at radius 1 is 1.16 bits per heavy atom. The van der Waals surface area contributed by atoms with Crippen LogP contribution >= 0.6 is 0 Å². The number of nitrogens with zero attached hydrogens (tertiary/aromatic N) is 2. The average molecular weight is 342 g/mol. The van der Waals surface area contributed by atoms with Crippen molar-refractivity contribution in [1.82, 2.24) is 9.88 Å². The highest BCUT2D eigenvalue weighted by molar-refractivity contribution is 5.97. The first-order valence-electron chi connectivity index (χ1n) is 7.95. The summed E-state index contributed by atoms with van der Waals surface area (Å²) in [6, 6.07) is 10.7. The van der Waals surface area contributed by atoms with Crippen molar-refractivity contribution in [2.75, 3.05) is 20.8 Å². The number of carbonyl (C=O) groups is 2. The third-order valence-electron chi connectivity index (χ3n) is 3.82. The number of hydrogen-bond donors (Lipinski definition) is 0. The maximum absolute atomic E-state index is 13.0. The summed E-state index contributed by atoms with van der Waals surface area (Å²) in [7, 11) is 2.86. The lowest BCUT2D eigenvalue weighted by molar-refractivity contribution is -0.145. The fraction of sp³-hybridized carbons (Fsp3) is 0.316. The van der Waals surface area contributed by atoms with Crippen LogP contribution < -0.4 is 4.74 Å². The predicted octanol–water partition coefficient (Wildman–Crippen LogP) is 2.54. The quantitative estimate of drug-likeness (QED) is 0.723. The van der Waals surface area contributed by atoms with Crippen LogP contribution in [-0.2, 0) is 16.1 Å². The molecule has 0 spiro atoms. The molecule has 1 amide bonds. The van der Waals surface area contributed by atoms with Gasteiger partial charge in [0.15, 0.2) is 0 Å². The highest BCUT2D eigenvalue weighted by atomic mass is 16.5. The summed E-state index contributed by atoms with van der Waals surface area (Å²) < 4.78 is 10.1. The minimum absolute atomic E-state index is 0.211. The Balaban J connectivity index is 2.29. The summed E-state index contributed by atoms with van der Waals surface area (Å²) in [6.45, 7) is 2.31. The first-order valence-corrected chi connectivity index (χ1v) is 7.95. The van der Waals surface area contributed by atoms with Gasteiger partial charge in [0.2, 0.25) is 0 Å². The number of rotatable bonds is 7. The summed E-state index contributed by atoms with van der Waals surface area (Å²) in [4.78, 5) is 30.5. The smallest absolute Gasteiger partial charge is 0.310 e. The van der Waals surface area contributed by atoms with E-state index in [0.29, 0.717) is 17.9 Å². The number of ether oxygens (including phenoxy) is 2. The molecule has 1 aromatic carbocycles. The molecule has 0 aliphatic heterocycles. The Bertz CT molecular complexity index is 718. The van der Waals surface area contributed by atoms with Gasteiger partial charge in [-0.05, 0) is 23.8 Å². The molecule has 6 heteroatoms. The molecule has 0 aliphatic rings. The molecule has 25 heavy (non-hydrogen) atoms.